The van der Waals surface area contributed by atoms with Crippen LogP contribution < -0.4 is 11.2 Å². The number of hydrogen-bond acceptors (Lipinski definition) is 6. The topological polar surface area (TPSA) is 113 Å². The van der Waals surface area contributed by atoms with Crippen LogP contribution in [0.15, 0.2) is 14.6 Å². The van der Waals surface area contributed by atoms with Gasteiger partial charge in [-0.25, -0.2) is 18.3 Å². The molecule has 1 aromatic rings. The molecule has 15 heavy (non-hydrogen) atoms. The Morgan fingerprint density at radius 1 is 1.40 bits per heavy atom. The zero-order valence-corrected chi connectivity index (χ0v) is 9.58. The van der Waals surface area contributed by atoms with E-state index in [1.165, 1.54) is 0 Å². The average molecular weight is 272 g/mol. The van der Waals surface area contributed by atoms with E-state index in [4.69, 9.17) is 10.7 Å². The van der Waals surface area contributed by atoms with E-state index in [0.717, 1.165) is 11.8 Å². The molecule has 0 saturated heterocycles. The Morgan fingerprint density at radius 3 is 2.60 bits per heavy atom. The standard InChI is InChI=1S/C5H6ClN3O4S2/c6-15(12,13)2-1-14-4-3(10)7-5(11)9-8-4/h1-2H2,(H2,7,9,10,11). The first-order chi connectivity index (χ1) is 6.88. The first-order valence-corrected chi connectivity index (χ1v) is 7.09. The highest BCUT2D eigenvalue weighted by molar-refractivity contribution is 8.14. The van der Waals surface area contributed by atoms with Gasteiger partial charge in [0.25, 0.3) is 5.56 Å². The van der Waals surface area contributed by atoms with Gasteiger partial charge in [0.1, 0.15) is 0 Å². The molecule has 0 aliphatic heterocycles. The second kappa shape index (κ2) is 4.81. The Morgan fingerprint density at radius 2 is 2.07 bits per heavy atom. The molecule has 1 aromatic heterocycles. The number of H-pyrrole nitrogens is 2. The van der Waals surface area contributed by atoms with Crippen molar-refractivity contribution in [3.8, 4) is 0 Å². The van der Waals surface area contributed by atoms with E-state index in [2.05, 4.69) is 5.10 Å². The molecule has 0 saturated carbocycles. The number of hydrogen-bond donors (Lipinski definition) is 2. The summed E-state index contributed by atoms with van der Waals surface area (Å²) in [5.74, 6) is -0.187. The summed E-state index contributed by atoms with van der Waals surface area (Å²) < 4.78 is 21.1. The van der Waals surface area contributed by atoms with Gasteiger partial charge in [-0.2, -0.15) is 5.10 Å². The van der Waals surface area contributed by atoms with Crippen LogP contribution in [0.2, 0.25) is 0 Å². The quantitative estimate of drug-likeness (QED) is 0.543. The fourth-order valence-corrected chi connectivity index (χ4v) is 2.85. The van der Waals surface area contributed by atoms with Gasteiger partial charge in [0, 0.05) is 16.4 Å². The molecule has 7 nitrogen and oxygen atoms in total. The number of nitrogens with zero attached hydrogens (tertiary/aromatic N) is 1. The molecule has 0 fully saturated rings. The van der Waals surface area contributed by atoms with Crippen LogP contribution in [0, 0.1) is 0 Å². The maximum atomic E-state index is 11.1. The monoisotopic (exact) mass is 271 g/mol. The summed E-state index contributed by atoms with van der Waals surface area (Å²) >= 11 is 0.894. The smallest absolute Gasteiger partial charge is 0.271 e. The Labute approximate surface area is 92.7 Å². The van der Waals surface area contributed by atoms with Crippen LogP contribution in [0.1, 0.15) is 0 Å². The molecular formula is C5H6ClN3O4S2. The van der Waals surface area contributed by atoms with Crippen molar-refractivity contribution in [2.24, 2.45) is 0 Å². The maximum Gasteiger partial charge on any atom is 0.342 e. The van der Waals surface area contributed by atoms with E-state index in [1.54, 1.807) is 0 Å². The van der Waals surface area contributed by atoms with Crippen molar-refractivity contribution in [2.45, 2.75) is 5.03 Å². The fourth-order valence-electron chi connectivity index (χ4n) is 0.673. The van der Waals surface area contributed by atoms with Gasteiger partial charge >= 0.3 is 5.69 Å². The highest BCUT2D eigenvalue weighted by Gasteiger charge is 2.08. The summed E-state index contributed by atoms with van der Waals surface area (Å²) in [5.41, 5.74) is -1.37. The summed E-state index contributed by atoms with van der Waals surface area (Å²) in [7, 11) is 1.38. The van der Waals surface area contributed by atoms with Crippen LogP contribution >= 0.6 is 22.4 Å². The number of nitrogens with one attached hydrogen (secondary N) is 2. The van der Waals surface area contributed by atoms with Crippen LogP contribution in [0.25, 0.3) is 0 Å². The van der Waals surface area contributed by atoms with Gasteiger partial charge in [-0.3, -0.25) is 9.78 Å². The fraction of sp³-hybridized carbons (Fsp3) is 0.400. The van der Waals surface area contributed by atoms with Crippen LogP contribution in [0.5, 0.6) is 0 Å². The van der Waals surface area contributed by atoms with Gasteiger partial charge < -0.3 is 0 Å². The molecule has 1 heterocycles. The van der Waals surface area contributed by atoms with Crippen LogP contribution in [-0.4, -0.2) is 35.1 Å². The molecule has 2 N–H and O–H groups in total. The lowest BCUT2D eigenvalue weighted by Gasteiger charge is -1.96. The summed E-state index contributed by atoms with van der Waals surface area (Å²) in [6.45, 7) is 0. The molecule has 0 bridgehead atoms. The van der Waals surface area contributed by atoms with Gasteiger partial charge in [0.2, 0.25) is 9.05 Å². The number of rotatable bonds is 4. The second-order valence-corrected chi connectivity index (χ2v) is 6.38. The van der Waals surface area contributed by atoms with Gasteiger partial charge in [-0.1, -0.05) is 11.8 Å². The molecule has 0 aliphatic carbocycles. The lowest BCUT2D eigenvalue weighted by atomic mass is 10.8. The molecule has 10 heteroatoms. The molecule has 0 amide bonds. The molecule has 0 atom stereocenters. The third-order valence-electron chi connectivity index (χ3n) is 1.25. The van der Waals surface area contributed by atoms with E-state index in [-0.39, 0.29) is 16.5 Å². The third-order valence-corrected chi connectivity index (χ3v) is 3.62. The number of aromatic nitrogens is 3. The van der Waals surface area contributed by atoms with E-state index < -0.39 is 20.3 Å². The van der Waals surface area contributed by atoms with Crippen LogP contribution in [-0.2, 0) is 9.05 Å². The maximum absolute atomic E-state index is 11.1. The van der Waals surface area contributed by atoms with Crippen molar-refractivity contribution >= 4 is 31.5 Å². The Bertz CT molecular complexity index is 548. The molecule has 84 valence electrons. The Kier molecular flexibility index (Phi) is 3.94. The van der Waals surface area contributed by atoms with Crippen LogP contribution in [0.4, 0.5) is 0 Å². The van der Waals surface area contributed by atoms with Gasteiger partial charge in [-0.05, 0) is 0 Å². The molecule has 1 rings (SSSR count). The second-order valence-electron chi connectivity index (χ2n) is 2.40. The summed E-state index contributed by atoms with van der Waals surface area (Å²) in [4.78, 5) is 23.6. The molecule has 0 unspecified atom stereocenters. The number of aromatic amines is 2. The van der Waals surface area contributed by atoms with Crippen molar-refractivity contribution in [2.75, 3.05) is 11.5 Å². The van der Waals surface area contributed by atoms with Crippen molar-refractivity contribution < 1.29 is 8.42 Å². The largest absolute Gasteiger partial charge is 0.342 e. The van der Waals surface area contributed by atoms with Crippen LogP contribution in [0.3, 0.4) is 0 Å². The van der Waals surface area contributed by atoms with Crippen molar-refractivity contribution in [1.29, 1.82) is 0 Å². The molecule has 0 aromatic carbocycles. The first-order valence-electron chi connectivity index (χ1n) is 3.62. The predicted molar refractivity (Wildman–Crippen MR) is 55.8 cm³/mol. The van der Waals surface area contributed by atoms with E-state index in [0.29, 0.717) is 0 Å². The molecule has 0 aliphatic rings. The number of thioether (sulfide) groups is 1. The lowest BCUT2D eigenvalue weighted by molar-refractivity contribution is 0.611. The zero-order valence-electron chi connectivity index (χ0n) is 7.19. The molecule has 0 radical (unpaired) electrons. The SMILES string of the molecule is O=c1[nH]nc(SCCS(=O)(=O)Cl)c(=O)[nH]1. The average Bonchev–Trinajstić information content (AvgIpc) is 2.07. The third kappa shape index (κ3) is 4.49. The highest BCUT2D eigenvalue weighted by Crippen LogP contribution is 2.10. The van der Waals surface area contributed by atoms with E-state index >= 15 is 0 Å². The van der Waals surface area contributed by atoms with Crippen molar-refractivity contribution in [3.05, 3.63) is 20.8 Å². The summed E-state index contributed by atoms with van der Waals surface area (Å²) in [6.07, 6.45) is 0. The predicted octanol–water partition coefficient (Wildman–Crippen LogP) is -0.881. The minimum atomic E-state index is -3.58. The minimum absolute atomic E-state index is 0.00471. The molecular weight excluding hydrogens is 266 g/mol. The van der Waals surface area contributed by atoms with E-state index in [9.17, 15) is 18.0 Å². The summed E-state index contributed by atoms with van der Waals surface area (Å²) in [6, 6.07) is 0. The van der Waals surface area contributed by atoms with Gasteiger partial charge in [0.05, 0.1) is 5.75 Å². The van der Waals surface area contributed by atoms with Crippen molar-refractivity contribution in [3.63, 3.8) is 0 Å². The summed E-state index contributed by atoms with van der Waals surface area (Å²) in [5, 5.41) is 5.46. The van der Waals surface area contributed by atoms with E-state index in [1.807, 2.05) is 10.1 Å². The zero-order chi connectivity index (χ0) is 11.5. The highest BCUT2D eigenvalue weighted by atomic mass is 35.7. The lowest BCUT2D eigenvalue weighted by Crippen LogP contribution is -2.25. The van der Waals surface area contributed by atoms with Gasteiger partial charge in [0.15, 0.2) is 5.03 Å². The Balaban J connectivity index is 2.67. The Hall–Kier alpha value is -0.800. The first kappa shape index (κ1) is 12.3. The van der Waals surface area contributed by atoms with Gasteiger partial charge in [-0.15, -0.1) is 0 Å². The minimum Gasteiger partial charge on any atom is -0.271 e. The molecule has 0 spiro atoms. The normalized spacial score (nSPS) is 11.5. The number of halogens is 1. The van der Waals surface area contributed by atoms with Crippen molar-refractivity contribution in [1.82, 2.24) is 15.2 Å².